The highest BCUT2D eigenvalue weighted by atomic mass is 31.0. The predicted octanol–water partition coefficient (Wildman–Crippen LogP) is 5.56. The van der Waals surface area contributed by atoms with Gasteiger partial charge in [-0.3, -0.25) is 0 Å². The van der Waals surface area contributed by atoms with Crippen LogP contribution in [0.15, 0.2) is 24.3 Å². The first-order chi connectivity index (χ1) is 9.35. The van der Waals surface area contributed by atoms with Crippen LogP contribution in [-0.2, 0) is 4.79 Å². The largest absolute Gasteiger partial charge is 0.304 e. The molecule has 0 bridgehead atoms. The average Bonchev–Trinajstić information content (AvgIpc) is 2.30. The normalized spacial score (nSPS) is 8.25. The lowest BCUT2D eigenvalue weighted by atomic mass is 10.2. The molecule has 0 saturated heterocycles. The average molecular weight is 298 g/mol. The lowest BCUT2D eigenvalue weighted by molar-refractivity contribution is -0.106. The van der Waals surface area contributed by atoms with Gasteiger partial charge in [0.1, 0.15) is 6.29 Å². The zero-order valence-electron chi connectivity index (χ0n) is 14.6. The molecule has 1 nitrogen and oxygen atoms in total. The zero-order chi connectivity index (χ0) is 16.4. The zero-order valence-corrected chi connectivity index (χ0v) is 15.7. The summed E-state index contributed by atoms with van der Waals surface area (Å²) in [7, 11) is 2.66. The third kappa shape index (κ3) is 36.0. The Kier molecular flexibility index (Phi) is 25.1. The van der Waals surface area contributed by atoms with Crippen LogP contribution in [0.25, 0.3) is 0 Å². The second kappa shape index (κ2) is 20.6. The van der Waals surface area contributed by atoms with Crippen molar-refractivity contribution in [3.05, 3.63) is 29.8 Å². The van der Waals surface area contributed by atoms with Crippen LogP contribution in [0.1, 0.15) is 66.4 Å². The molecule has 0 fully saturated rings. The van der Waals surface area contributed by atoms with Crippen molar-refractivity contribution in [2.45, 2.75) is 67.7 Å². The number of benzene rings is 1. The van der Waals surface area contributed by atoms with Gasteiger partial charge in [-0.2, -0.15) is 0 Å². The smallest absolute Gasteiger partial charge is 0.116 e. The minimum atomic E-state index is 0.750. The molecule has 2 heteroatoms. The Morgan fingerprint density at radius 3 is 1.70 bits per heavy atom. The predicted molar refractivity (Wildman–Crippen MR) is 98.0 cm³/mol. The summed E-state index contributed by atoms with van der Waals surface area (Å²) in [6.07, 6.45) is 4.83. The van der Waals surface area contributed by atoms with Gasteiger partial charge < -0.3 is 4.79 Å². The number of carbonyl (C=O) groups excluding carboxylic acids is 1. The maximum atomic E-state index is 8.81. The number of unbranched alkanes of at least 4 members (excludes halogenated alkanes) is 2. The van der Waals surface area contributed by atoms with E-state index in [1.54, 1.807) is 0 Å². The molecule has 1 aromatic carbocycles. The third-order valence-electron chi connectivity index (χ3n) is 1.75. The standard InChI is InChI=1S/C7H9P.C5H12.C4H10.C2H4O/c1-6-3-2-4-7(8)5-6;1-3-5-4-2;1-4(2)3;1-2-3/h2-5H,8H2,1H3;3-5H2,1-2H3;4H,1-3H3;2H,1H3. The maximum Gasteiger partial charge on any atom is 0.116 e. The van der Waals surface area contributed by atoms with Gasteiger partial charge >= 0.3 is 0 Å². The van der Waals surface area contributed by atoms with Crippen molar-refractivity contribution in [1.29, 1.82) is 0 Å². The molecular weight excluding hydrogens is 263 g/mol. The molecule has 118 valence electrons. The second-order valence-corrected chi connectivity index (χ2v) is 5.90. The number of aryl methyl sites for hydroxylation is 1. The summed E-state index contributed by atoms with van der Waals surface area (Å²) in [5, 5.41) is 1.25. The summed E-state index contributed by atoms with van der Waals surface area (Å²) in [5.74, 6) is 0.833. The molecule has 0 amide bonds. The Labute approximate surface area is 129 Å². The second-order valence-electron chi connectivity index (χ2n) is 5.24. The first kappa shape index (κ1) is 24.3. The van der Waals surface area contributed by atoms with Gasteiger partial charge in [0.2, 0.25) is 0 Å². The highest BCUT2D eigenvalue weighted by molar-refractivity contribution is 7.27. The Morgan fingerprint density at radius 1 is 1.15 bits per heavy atom. The fourth-order valence-electron chi connectivity index (χ4n) is 1.02. The van der Waals surface area contributed by atoms with Crippen LogP contribution < -0.4 is 5.30 Å². The monoisotopic (exact) mass is 298 g/mol. The molecule has 0 aliphatic heterocycles. The van der Waals surface area contributed by atoms with Crippen molar-refractivity contribution >= 4 is 20.8 Å². The van der Waals surface area contributed by atoms with E-state index in [9.17, 15) is 0 Å². The van der Waals surface area contributed by atoms with Gasteiger partial charge in [0.05, 0.1) is 0 Å². The molecule has 0 radical (unpaired) electrons. The Morgan fingerprint density at radius 2 is 1.55 bits per heavy atom. The van der Waals surface area contributed by atoms with Gasteiger partial charge in [0, 0.05) is 0 Å². The molecule has 0 aliphatic rings. The highest BCUT2D eigenvalue weighted by Gasteiger charge is 1.80. The summed E-state index contributed by atoms with van der Waals surface area (Å²) < 4.78 is 0. The Bertz CT molecular complexity index is 273. The van der Waals surface area contributed by atoms with E-state index in [4.69, 9.17) is 4.79 Å². The lowest BCUT2D eigenvalue weighted by Crippen LogP contribution is -1.87. The fourth-order valence-corrected chi connectivity index (χ4v) is 1.40. The van der Waals surface area contributed by atoms with Crippen molar-refractivity contribution in [2.75, 3.05) is 0 Å². The van der Waals surface area contributed by atoms with E-state index >= 15 is 0 Å². The van der Waals surface area contributed by atoms with Crippen molar-refractivity contribution in [3.8, 4) is 0 Å². The van der Waals surface area contributed by atoms with Crippen LogP contribution in [0.2, 0.25) is 0 Å². The number of aldehydes is 1. The van der Waals surface area contributed by atoms with Crippen molar-refractivity contribution in [1.82, 2.24) is 0 Å². The topological polar surface area (TPSA) is 17.1 Å². The van der Waals surface area contributed by atoms with Crippen molar-refractivity contribution < 1.29 is 4.79 Å². The molecule has 0 aliphatic carbocycles. The van der Waals surface area contributed by atoms with Crippen molar-refractivity contribution in [2.24, 2.45) is 5.92 Å². The number of hydrogen-bond donors (Lipinski definition) is 0. The van der Waals surface area contributed by atoms with Crippen LogP contribution in [0, 0.1) is 12.8 Å². The van der Waals surface area contributed by atoms with E-state index in [2.05, 4.69) is 75.0 Å². The van der Waals surface area contributed by atoms with Crippen LogP contribution in [-0.4, -0.2) is 6.29 Å². The molecule has 1 rings (SSSR count). The van der Waals surface area contributed by atoms with Crippen LogP contribution >= 0.6 is 9.24 Å². The van der Waals surface area contributed by atoms with Crippen molar-refractivity contribution in [3.63, 3.8) is 0 Å². The summed E-state index contributed by atoms with van der Waals surface area (Å²) in [6, 6.07) is 8.34. The Hall–Kier alpha value is -0.680. The molecule has 0 aromatic heterocycles. The van der Waals surface area contributed by atoms with Gasteiger partial charge in [-0.05, 0) is 25.1 Å². The van der Waals surface area contributed by atoms with Gasteiger partial charge in [-0.15, -0.1) is 9.24 Å². The minimum Gasteiger partial charge on any atom is -0.304 e. The van der Waals surface area contributed by atoms with Crippen LogP contribution in [0.4, 0.5) is 0 Å². The van der Waals surface area contributed by atoms with E-state index in [0.29, 0.717) is 0 Å². The SMILES string of the molecule is CC(C)C.CC=O.CCCCC.Cc1cccc(P)c1. The van der Waals surface area contributed by atoms with Gasteiger partial charge in [0.25, 0.3) is 0 Å². The van der Waals surface area contributed by atoms with Crippen LogP contribution in [0.5, 0.6) is 0 Å². The lowest BCUT2D eigenvalue weighted by Gasteiger charge is -1.90. The van der Waals surface area contributed by atoms with Gasteiger partial charge in [0.15, 0.2) is 0 Å². The molecular formula is C18H35OP. The highest BCUT2D eigenvalue weighted by Crippen LogP contribution is 1.95. The first-order valence-electron chi connectivity index (χ1n) is 7.57. The molecule has 0 heterocycles. The summed E-state index contributed by atoms with van der Waals surface area (Å²) in [4.78, 5) is 8.81. The Balaban J connectivity index is -0.000000211. The van der Waals surface area contributed by atoms with Gasteiger partial charge in [-0.25, -0.2) is 0 Å². The van der Waals surface area contributed by atoms with E-state index in [0.717, 1.165) is 12.2 Å². The summed E-state index contributed by atoms with van der Waals surface area (Å²) in [6.45, 7) is 14.5. The van der Waals surface area contributed by atoms with Gasteiger partial charge in [-0.1, -0.05) is 83.7 Å². The van der Waals surface area contributed by atoms with E-state index < -0.39 is 0 Å². The third-order valence-corrected chi connectivity index (χ3v) is 2.11. The molecule has 1 unspecified atom stereocenters. The van der Waals surface area contributed by atoms with E-state index in [-0.39, 0.29) is 0 Å². The fraction of sp³-hybridized carbons (Fsp3) is 0.611. The van der Waals surface area contributed by atoms with E-state index in [1.165, 1.54) is 37.1 Å². The quantitative estimate of drug-likeness (QED) is 0.516. The molecule has 0 spiro atoms. The number of carbonyl (C=O) groups is 1. The minimum absolute atomic E-state index is 0.750. The molecule has 1 aromatic rings. The number of hydrogen-bond acceptors (Lipinski definition) is 1. The number of rotatable bonds is 2. The first-order valence-corrected chi connectivity index (χ1v) is 8.15. The molecule has 1 atom stereocenters. The van der Waals surface area contributed by atoms with Crippen LogP contribution in [0.3, 0.4) is 0 Å². The summed E-state index contributed by atoms with van der Waals surface area (Å²) >= 11 is 0. The molecule has 20 heavy (non-hydrogen) atoms. The maximum absolute atomic E-state index is 8.81. The summed E-state index contributed by atoms with van der Waals surface area (Å²) in [5.41, 5.74) is 1.32. The molecule has 0 N–H and O–H groups in total. The van der Waals surface area contributed by atoms with E-state index in [1.807, 2.05) is 0 Å². The molecule has 0 saturated carbocycles.